The third-order valence-electron chi connectivity index (χ3n) is 2.98. The van der Waals surface area contributed by atoms with Crippen LogP contribution in [0.1, 0.15) is 19.3 Å². The summed E-state index contributed by atoms with van der Waals surface area (Å²) in [4.78, 5) is 22.5. The van der Waals surface area contributed by atoms with Crippen LogP contribution in [0, 0.1) is 5.41 Å². The molecule has 2 rings (SSSR count). The van der Waals surface area contributed by atoms with Crippen molar-refractivity contribution in [1.29, 1.82) is 0 Å². The van der Waals surface area contributed by atoms with E-state index in [1.807, 2.05) is 0 Å². The summed E-state index contributed by atoms with van der Waals surface area (Å²) in [6, 6.07) is 0.180. The van der Waals surface area contributed by atoms with E-state index in [2.05, 4.69) is 5.32 Å². The van der Waals surface area contributed by atoms with Crippen molar-refractivity contribution in [2.45, 2.75) is 25.3 Å². The molecule has 5 heteroatoms. The molecular weight excluding hydrogens is 186 g/mol. The molecule has 0 aromatic rings. The normalized spacial score (nSPS) is 24.6. The van der Waals surface area contributed by atoms with Crippen molar-refractivity contribution in [2.75, 3.05) is 13.2 Å². The fourth-order valence-electron chi connectivity index (χ4n) is 1.53. The van der Waals surface area contributed by atoms with Gasteiger partial charge in [0.15, 0.2) is 5.41 Å². The molecule has 1 amide bonds. The lowest BCUT2D eigenvalue weighted by Gasteiger charge is -2.38. The first-order valence-electron chi connectivity index (χ1n) is 4.77. The molecule has 2 N–H and O–H groups in total. The second-order valence-electron chi connectivity index (χ2n) is 3.98. The van der Waals surface area contributed by atoms with Crippen LogP contribution in [-0.2, 0) is 14.3 Å². The molecule has 0 bridgehead atoms. The number of ether oxygens (including phenoxy) is 1. The van der Waals surface area contributed by atoms with E-state index in [9.17, 15) is 9.59 Å². The Kier molecular flexibility index (Phi) is 2.19. The van der Waals surface area contributed by atoms with Crippen molar-refractivity contribution in [3.05, 3.63) is 0 Å². The minimum Gasteiger partial charge on any atom is -0.480 e. The Balaban J connectivity index is 1.97. The molecule has 1 saturated heterocycles. The fourth-order valence-corrected chi connectivity index (χ4v) is 1.53. The number of carboxylic acids is 1. The minimum absolute atomic E-state index is 0.000880. The lowest BCUT2D eigenvalue weighted by Crippen LogP contribution is -2.61. The molecule has 78 valence electrons. The summed E-state index contributed by atoms with van der Waals surface area (Å²) < 4.78 is 4.81. The molecule has 1 heterocycles. The molecule has 1 saturated carbocycles. The van der Waals surface area contributed by atoms with E-state index < -0.39 is 11.4 Å². The summed E-state index contributed by atoms with van der Waals surface area (Å²) in [7, 11) is 0. The minimum atomic E-state index is -1.31. The van der Waals surface area contributed by atoms with Gasteiger partial charge in [-0.2, -0.15) is 0 Å². The molecule has 0 spiro atoms. The number of carboxylic acid groups (broad SMARTS) is 1. The zero-order chi connectivity index (χ0) is 10.2. The number of carbonyl (C=O) groups is 2. The van der Waals surface area contributed by atoms with Gasteiger partial charge in [-0.3, -0.25) is 9.59 Å². The van der Waals surface area contributed by atoms with Gasteiger partial charge in [-0.05, 0) is 19.3 Å². The van der Waals surface area contributed by atoms with Crippen LogP contribution in [0.4, 0.5) is 0 Å². The Bertz CT molecular complexity index is 268. The monoisotopic (exact) mass is 199 g/mol. The molecule has 0 aromatic carbocycles. The van der Waals surface area contributed by atoms with Crippen LogP contribution in [0.5, 0.6) is 0 Å². The van der Waals surface area contributed by atoms with Gasteiger partial charge in [0.05, 0.1) is 13.2 Å². The predicted octanol–water partition coefficient (Wildman–Crippen LogP) is -0.244. The number of hydrogen-bond donors (Lipinski definition) is 2. The molecular formula is C9H13NO4. The summed E-state index contributed by atoms with van der Waals surface area (Å²) in [6.45, 7) is 0.00176. The zero-order valence-electron chi connectivity index (χ0n) is 7.78. The number of aliphatic carboxylic acids is 1. The summed E-state index contributed by atoms with van der Waals surface area (Å²) >= 11 is 0. The maximum absolute atomic E-state index is 11.6. The van der Waals surface area contributed by atoms with Crippen LogP contribution in [-0.4, -0.2) is 36.2 Å². The van der Waals surface area contributed by atoms with E-state index in [4.69, 9.17) is 9.84 Å². The van der Waals surface area contributed by atoms with Gasteiger partial charge in [0.1, 0.15) is 0 Å². The van der Waals surface area contributed by atoms with E-state index in [1.54, 1.807) is 0 Å². The van der Waals surface area contributed by atoms with E-state index in [1.165, 1.54) is 0 Å². The van der Waals surface area contributed by atoms with Crippen LogP contribution in [0.2, 0.25) is 0 Å². The molecule has 0 unspecified atom stereocenters. The highest BCUT2D eigenvalue weighted by Gasteiger charge is 2.53. The number of hydrogen-bond acceptors (Lipinski definition) is 3. The van der Waals surface area contributed by atoms with E-state index >= 15 is 0 Å². The van der Waals surface area contributed by atoms with Crippen molar-refractivity contribution < 1.29 is 19.4 Å². The number of amides is 1. The fraction of sp³-hybridized carbons (Fsp3) is 0.778. The largest absolute Gasteiger partial charge is 0.480 e. The highest BCUT2D eigenvalue weighted by atomic mass is 16.5. The van der Waals surface area contributed by atoms with Crippen molar-refractivity contribution in [1.82, 2.24) is 5.32 Å². The molecule has 2 aliphatic rings. The van der Waals surface area contributed by atoms with Crippen molar-refractivity contribution in [3.63, 3.8) is 0 Å². The maximum atomic E-state index is 11.6. The molecule has 0 atom stereocenters. The molecule has 14 heavy (non-hydrogen) atoms. The van der Waals surface area contributed by atoms with Crippen LogP contribution in [0.3, 0.4) is 0 Å². The first kappa shape index (κ1) is 9.45. The van der Waals surface area contributed by atoms with E-state index in [-0.39, 0.29) is 25.2 Å². The first-order valence-corrected chi connectivity index (χ1v) is 4.77. The highest BCUT2D eigenvalue weighted by Crippen LogP contribution is 2.29. The van der Waals surface area contributed by atoms with Crippen molar-refractivity contribution in [3.8, 4) is 0 Å². The Morgan fingerprint density at radius 2 is 2.00 bits per heavy atom. The number of nitrogens with one attached hydrogen (secondary N) is 1. The summed E-state index contributed by atoms with van der Waals surface area (Å²) in [5.74, 6) is -1.47. The van der Waals surface area contributed by atoms with Crippen LogP contribution in [0.15, 0.2) is 0 Å². The molecule has 1 aliphatic carbocycles. The summed E-state index contributed by atoms with van der Waals surface area (Å²) in [6.07, 6.45) is 3.03. The number of rotatable bonds is 3. The molecule has 5 nitrogen and oxygen atoms in total. The summed E-state index contributed by atoms with van der Waals surface area (Å²) in [5, 5.41) is 11.7. The predicted molar refractivity (Wildman–Crippen MR) is 46.7 cm³/mol. The second-order valence-corrected chi connectivity index (χ2v) is 3.98. The van der Waals surface area contributed by atoms with Gasteiger partial charge in [-0.15, -0.1) is 0 Å². The van der Waals surface area contributed by atoms with Gasteiger partial charge in [0, 0.05) is 6.04 Å². The van der Waals surface area contributed by atoms with Gasteiger partial charge in [0.2, 0.25) is 5.91 Å². The van der Waals surface area contributed by atoms with Crippen LogP contribution in [0.25, 0.3) is 0 Å². The lowest BCUT2D eigenvalue weighted by molar-refractivity contribution is -0.186. The summed E-state index contributed by atoms with van der Waals surface area (Å²) in [5.41, 5.74) is -1.31. The molecule has 0 radical (unpaired) electrons. The third kappa shape index (κ3) is 1.28. The van der Waals surface area contributed by atoms with Gasteiger partial charge in [0.25, 0.3) is 0 Å². The van der Waals surface area contributed by atoms with Crippen LogP contribution >= 0.6 is 0 Å². The van der Waals surface area contributed by atoms with Crippen molar-refractivity contribution >= 4 is 11.9 Å². The average Bonchev–Trinajstić information content (AvgIpc) is 1.93. The van der Waals surface area contributed by atoms with Gasteiger partial charge < -0.3 is 15.2 Å². The topological polar surface area (TPSA) is 75.6 Å². The van der Waals surface area contributed by atoms with Crippen LogP contribution < -0.4 is 5.32 Å². The molecule has 0 aromatic heterocycles. The van der Waals surface area contributed by atoms with Gasteiger partial charge in [-0.25, -0.2) is 0 Å². The Hall–Kier alpha value is -1.10. The Labute approximate surface area is 81.4 Å². The Morgan fingerprint density at radius 3 is 2.29 bits per heavy atom. The van der Waals surface area contributed by atoms with Crippen molar-refractivity contribution in [2.24, 2.45) is 5.41 Å². The maximum Gasteiger partial charge on any atom is 0.324 e. The SMILES string of the molecule is O=C(O)C1(C(=O)NC2CCC2)COC1. The van der Waals surface area contributed by atoms with E-state index in [0.717, 1.165) is 19.3 Å². The van der Waals surface area contributed by atoms with E-state index in [0.29, 0.717) is 0 Å². The molecule has 2 fully saturated rings. The number of carbonyl (C=O) groups excluding carboxylic acids is 1. The lowest BCUT2D eigenvalue weighted by atomic mass is 9.83. The third-order valence-corrected chi connectivity index (χ3v) is 2.98. The van der Waals surface area contributed by atoms with Gasteiger partial charge in [-0.1, -0.05) is 0 Å². The smallest absolute Gasteiger partial charge is 0.324 e. The standard InChI is InChI=1S/C9H13NO4/c11-7(10-6-2-1-3-6)9(8(12)13)4-14-5-9/h6H,1-5H2,(H,10,11)(H,12,13). The average molecular weight is 199 g/mol. The Morgan fingerprint density at radius 1 is 1.36 bits per heavy atom. The molecule has 1 aliphatic heterocycles. The first-order chi connectivity index (χ1) is 6.65. The highest BCUT2D eigenvalue weighted by molar-refractivity contribution is 6.03. The second kappa shape index (κ2) is 3.24. The quantitative estimate of drug-likeness (QED) is 0.615. The zero-order valence-corrected chi connectivity index (χ0v) is 7.78. The van der Waals surface area contributed by atoms with Gasteiger partial charge >= 0.3 is 5.97 Å².